The average molecular weight is 434 g/mol. The van der Waals surface area contributed by atoms with E-state index in [1.54, 1.807) is 25.1 Å². The summed E-state index contributed by atoms with van der Waals surface area (Å²) in [6, 6.07) is 8.50. The molecule has 0 aliphatic rings. The minimum atomic E-state index is -3.70. The lowest BCUT2D eigenvalue weighted by atomic mass is 10.2. The third kappa shape index (κ3) is 3.59. The van der Waals surface area contributed by atoms with Crippen molar-refractivity contribution in [3.05, 3.63) is 50.4 Å². The Bertz CT molecular complexity index is 805. The molecule has 0 unspecified atom stereocenters. The van der Waals surface area contributed by atoms with Crippen LogP contribution in [0.4, 0.5) is 11.4 Å². The highest BCUT2D eigenvalue weighted by atomic mass is 79.9. The summed E-state index contributed by atoms with van der Waals surface area (Å²) in [5, 5.41) is 0. The van der Waals surface area contributed by atoms with E-state index >= 15 is 0 Å². The highest BCUT2D eigenvalue weighted by Gasteiger charge is 2.19. The molecule has 112 valence electrons. The summed E-state index contributed by atoms with van der Waals surface area (Å²) in [5.41, 5.74) is 8.30. The van der Waals surface area contributed by atoms with E-state index in [0.29, 0.717) is 21.4 Å². The van der Waals surface area contributed by atoms with Gasteiger partial charge in [-0.25, -0.2) is 8.42 Å². The maximum Gasteiger partial charge on any atom is 0.262 e. The highest BCUT2D eigenvalue weighted by molar-refractivity contribution is 9.10. The van der Waals surface area contributed by atoms with E-state index in [1.807, 2.05) is 13.0 Å². The first kappa shape index (κ1) is 16.3. The van der Waals surface area contributed by atoms with Gasteiger partial charge in [-0.3, -0.25) is 4.72 Å². The van der Waals surface area contributed by atoms with Crippen LogP contribution >= 0.6 is 31.9 Å². The molecule has 2 aromatic rings. The number of halogens is 2. The zero-order valence-corrected chi connectivity index (χ0v) is 15.4. The van der Waals surface area contributed by atoms with Crippen LogP contribution in [-0.2, 0) is 10.0 Å². The Balaban J connectivity index is 2.45. The molecule has 3 N–H and O–H groups in total. The normalized spacial score (nSPS) is 11.4. The zero-order chi connectivity index (χ0) is 15.8. The van der Waals surface area contributed by atoms with Gasteiger partial charge in [0.05, 0.1) is 4.90 Å². The van der Waals surface area contributed by atoms with Gasteiger partial charge in [-0.1, -0.05) is 37.9 Å². The number of rotatable bonds is 3. The molecule has 0 aromatic heterocycles. The van der Waals surface area contributed by atoms with Gasteiger partial charge in [0.1, 0.15) is 0 Å². The summed E-state index contributed by atoms with van der Waals surface area (Å²) in [5.74, 6) is 0. The molecule has 0 spiro atoms. The minimum Gasteiger partial charge on any atom is -0.398 e. The van der Waals surface area contributed by atoms with Crippen LogP contribution in [0.5, 0.6) is 0 Å². The van der Waals surface area contributed by atoms with Crippen LogP contribution in [0.2, 0.25) is 0 Å². The molecule has 0 heterocycles. The van der Waals surface area contributed by atoms with Crippen molar-refractivity contribution in [2.75, 3.05) is 10.5 Å². The molecule has 0 bridgehead atoms. The molecule has 0 fully saturated rings. The molecule has 7 heteroatoms. The van der Waals surface area contributed by atoms with Gasteiger partial charge in [0.2, 0.25) is 0 Å². The topological polar surface area (TPSA) is 72.2 Å². The van der Waals surface area contributed by atoms with Gasteiger partial charge >= 0.3 is 0 Å². The van der Waals surface area contributed by atoms with E-state index in [1.165, 1.54) is 6.07 Å². The Hall–Kier alpha value is -1.05. The Labute approximate surface area is 141 Å². The van der Waals surface area contributed by atoms with Crippen molar-refractivity contribution in [2.45, 2.75) is 18.7 Å². The molecule has 2 rings (SSSR count). The van der Waals surface area contributed by atoms with Crippen LogP contribution in [0.15, 0.2) is 44.2 Å². The van der Waals surface area contributed by atoms with E-state index < -0.39 is 10.0 Å². The first-order chi connectivity index (χ1) is 9.70. The summed E-state index contributed by atoms with van der Waals surface area (Å²) in [6.07, 6.45) is 0. The van der Waals surface area contributed by atoms with Crippen LogP contribution < -0.4 is 10.5 Å². The number of hydrogen-bond acceptors (Lipinski definition) is 3. The lowest BCUT2D eigenvalue weighted by molar-refractivity contribution is 0.600. The van der Waals surface area contributed by atoms with Crippen LogP contribution in [0.25, 0.3) is 0 Å². The van der Waals surface area contributed by atoms with Crippen molar-refractivity contribution < 1.29 is 8.42 Å². The first-order valence-corrected chi connectivity index (χ1v) is 9.12. The Morgan fingerprint density at radius 2 is 1.76 bits per heavy atom. The van der Waals surface area contributed by atoms with Crippen LogP contribution in [0.3, 0.4) is 0 Å². The molecule has 4 nitrogen and oxygen atoms in total. The lowest BCUT2D eigenvalue weighted by Gasteiger charge is -2.13. The molecule has 2 aromatic carbocycles. The summed E-state index contributed by atoms with van der Waals surface area (Å²) < 4.78 is 29.1. The smallest absolute Gasteiger partial charge is 0.262 e. The average Bonchev–Trinajstić information content (AvgIpc) is 2.37. The first-order valence-electron chi connectivity index (χ1n) is 6.05. The second-order valence-corrected chi connectivity index (χ2v) is 8.11. The number of hydrogen-bond donors (Lipinski definition) is 2. The molecule has 0 aliphatic heterocycles. The van der Waals surface area contributed by atoms with Gasteiger partial charge in [-0.05, 0) is 49.2 Å². The van der Waals surface area contributed by atoms with Crippen LogP contribution in [0, 0.1) is 13.8 Å². The molecular formula is C14H14Br2N2O2S. The fraction of sp³-hybridized carbons (Fsp3) is 0.143. The summed E-state index contributed by atoms with van der Waals surface area (Å²) in [7, 11) is -3.70. The van der Waals surface area contributed by atoms with Crippen LogP contribution in [0.1, 0.15) is 11.1 Å². The molecular weight excluding hydrogens is 420 g/mol. The van der Waals surface area contributed by atoms with Gasteiger partial charge < -0.3 is 5.73 Å². The van der Waals surface area contributed by atoms with Crippen molar-refractivity contribution in [2.24, 2.45) is 0 Å². The SMILES string of the molecule is Cc1ccc(NS(=O)(=O)c2cc(Br)cc(N)c2C)cc1Br. The number of anilines is 2. The van der Waals surface area contributed by atoms with Gasteiger partial charge in [0, 0.05) is 20.3 Å². The van der Waals surface area contributed by atoms with E-state index in [0.717, 1.165) is 10.0 Å². The highest BCUT2D eigenvalue weighted by Crippen LogP contribution is 2.28. The molecule has 21 heavy (non-hydrogen) atoms. The molecule has 0 atom stereocenters. The second kappa shape index (κ2) is 5.98. The van der Waals surface area contributed by atoms with E-state index in [4.69, 9.17) is 5.73 Å². The van der Waals surface area contributed by atoms with Crippen molar-refractivity contribution in [1.29, 1.82) is 0 Å². The number of benzene rings is 2. The molecule has 0 saturated carbocycles. The number of nitrogen functional groups attached to an aromatic ring is 1. The molecule has 0 amide bonds. The number of nitrogens with one attached hydrogen (secondary N) is 1. The summed E-state index contributed by atoms with van der Waals surface area (Å²) in [6.45, 7) is 3.61. The van der Waals surface area contributed by atoms with Crippen molar-refractivity contribution >= 4 is 53.3 Å². The maximum atomic E-state index is 12.5. The van der Waals surface area contributed by atoms with Crippen LogP contribution in [-0.4, -0.2) is 8.42 Å². The largest absolute Gasteiger partial charge is 0.398 e. The fourth-order valence-corrected chi connectivity index (χ4v) is 4.18. The van der Waals surface area contributed by atoms with E-state index in [9.17, 15) is 8.42 Å². The third-order valence-corrected chi connectivity index (χ3v) is 5.90. The van der Waals surface area contributed by atoms with Crippen molar-refractivity contribution in [1.82, 2.24) is 0 Å². The van der Waals surface area contributed by atoms with Gasteiger partial charge in [0.15, 0.2) is 0 Å². The fourth-order valence-electron chi connectivity index (χ4n) is 1.82. The maximum absolute atomic E-state index is 12.5. The van der Waals surface area contributed by atoms with Gasteiger partial charge in [-0.2, -0.15) is 0 Å². The summed E-state index contributed by atoms with van der Waals surface area (Å²) >= 11 is 6.65. The minimum absolute atomic E-state index is 0.158. The van der Waals surface area contributed by atoms with E-state index in [-0.39, 0.29) is 4.90 Å². The lowest BCUT2D eigenvalue weighted by Crippen LogP contribution is -2.15. The zero-order valence-electron chi connectivity index (χ0n) is 11.4. The number of nitrogens with two attached hydrogens (primary N) is 1. The second-order valence-electron chi connectivity index (χ2n) is 4.69. The Kier molecular flexibility index (Phi) is 4.65. The number of aryl methyl sites for hydroxylation is 1. The van der Waals surface area contributed by atoms with Gasteiger partial charge in [-0.15, -0.1) is 0 Å². The summed E-state index contributed by atoms with van der Waals surface area (Å²) in [4.78, 5) is 0.158. The van der Waals surface area contributed by atoms with Crippen molar-refractivity contribution in [3.63, 3.8) is 0 Å². The van der Waals surface area contributed by atoms with Gasteiger partial charge in [0.25, 0.3) is 10.0 Å². The third-order valence-electron chi connectivity index (χ3n) is 3.08. The van der Waals surface area contributed by atoms with Crippen molar-refractivity contribution in [3.8, 4) is 0 Å². The molecule has 0 radical (unpaired) electrons. The number of sulfonamides is 1. The Morgan fingerprint density at radius 3 is 2.38 bits per heavy atom. The predicted octanol–water partition coefficient (Wildman–Crippen LogP) is 4.21. The predicted molar refractivity (Wildman–Crippen MR) is 93.0 cm³/mol. The molecule has 0 aliphatic carbocycles. The molecule has 0 saturated heterocycles. The Morgan fingerprint density at radius 1 is 1.10 bits per heavy atom. The standard InChI is InChI=1S/C14H14Br2N2O2S/c1-8-3-4-11(7-12(8)16)18-21(19,20)14-6-10(15)5-13(17)9(14)2/h3-7,18H,17H2,1-2H3. The monoisotopic (exact) mass is 432 g/mol. The van der Waals surface area contributed by atoms with E-state index in [2.05, 4.69) is 36.6 Å². The quantitative estimate of drug-likeness (QED) is 0.712.